The Morgan fingerprint density at radius 1 is 1.33 bits per heavy atom. The van der Waals surface area contributed by atoms with E-state index >= 15 is 0 Å². The minimum atomic E-state index is 0.638. The molecule has 0 atom stereocenters. The van der Waals surface area contributed by atoms with Crippen molar-refractivity contribution in [2.45, 2.75) is 13.3 Å². The van der Waals surface area contributed by atoms with Crippen LogP contribution in [0.1, 0.15) is 17.4 Å². The van der Waals surface area contributed by atoms with Gasteiger partial charge in [-0.1, -0.05) is 6.92 Å². The van der Waals surface area contributed by atoms with Gasteiger partial charge in [0.25, 0.3) is 0 Å². The molecule has 2 N–H and O–H groups in total. The van der Waals surface area contributed by atoms with Gasteiger partial charge < -0.3 is 5.73 Å². The number of hydrogen-bond acceptors (Lipinski definition) is 5. The highest BCUT2D eigenvalue weighted by molar-refractivity contribution is 7.30. The normalized spacial score (nSPS) is 10.9. The maximum atomic E-state index is 9.08. The summed E-state index contributed by atoms with van der Waals surface area (Å²) in [6, 6.07) is 6.53. The predicted octanol–water partition coefficient (Wildman–Crippen LogP) is 4.71. The van der Waals surface area contributed by atoms with Gasteiger partial charge in [-0.3, -0.25) is 0 Å². The lowest BCUT2D eigenvalue weighted by molar-refractivity contribution is 1.16. The van der Waals surface area contributed by atoms with E-state index in [9.17, 15) is 0 Å². The fourth-order valence-corrected chi connectivity index (χ4v) is 5.33. The van der Waals surface area contributed by atoms with E-state index in [0.717, 1.165) is 12.0 Å². The van der Waals surface area contributed by atoms with Gasteiger partial charge in [0, 0.05) is 14.3 Å². The summed E-state index contributed by atoms with van der Waals surface area (Å²) < 4.78 is 2.62. The van der Waals surface area contributed by atoms with Crippen LogP contribution in [0.25, 0.3) is 19.2 Å². The quantitative estimate of drug-likeness (QED) is 0.743. The highest BCUT2D eigenvalue weighted by atomic mass is 32.1. The molecule has 18 heavy (non-hydrogen) atoms. The SMILES string of the molecule is CCc1c(-c2cc3sccc3s2)sc(C#N)c1N. The molecule has 0 spiro atoms. The van der Waals surface area contributed by atoms with Crippen molar-refractivity contribution < 1.29 is 0 Å². The monoisotopic (exact) mass is 290 g/mol. The van der Waals surface area contributed by atoms with E-state index in [-0.39, 0.29) is 0 Å². The maximum absolute atomic E-state index is 9.08. The number of fused-ring (bicyclic) bond motifs is 1. The minimum Gasteiger partial charge on any atom is -0.397 e. The second-order valence-electron chi connectivity index (χ2n) is 3.88. The van der Waals surface area contributed by atoms with Gasteiger partial charge in [0.15, 0.2) is 0 Å². The van der Waals surface area contributed by atoms with E-state index in [4.69, 9.17) is 11.0 Å². The molecule has 0 unspecified atom stereocenters. The van der Waals surface area contributed by atoms with Crippen molar-refractivity contribution in [3.05, 3.63) is 28.0 Å². The molecule has 0 fully saturated rings. The minimum absolute atomic E-state index is 0.638. The van der Waals surface area contributed by atoms with Crippen LogP contribution < -0.4 is 5.73 Å². The standard InChI is InChI=1S/C13H10N2S3/c1-2-7-12(15)11(6-14)18-13(7)10-5-9-8(17-10)3-4-16-9/h3-5H,2,15H2,1H3. The average Bonchev–Trinajstić information content (AvgIpc) is 3.00. The molecule has 0 saturated carbocycles. The molecule has 5 heteroatoms. The summed E-state index contributed by atoms with van der Waals surface area (Å²) >= 11 is 5.04. The molecule has 90 valence electrons. The highest BCUT2D eigenvalue weighted by Gasteiger charge is 2.17. The Balaban J connectivity index is 2.22. The third-order valence-corrected chi connectivity index (χ3v) is 6.29. The van der Waals surface area contributed by atoms with Gasteiger partial charge in [-0.15, -0.1) is 34.0 Å². The van der Waals surface area contributed by atoms with Gasteiger partial charge in [0.05, 0.1) is 10.6 Å². The lowest BCUT2D eigenvalue weighted by Gasteiger charge is -1.98. The molecule has 3 aromatic heterocycles. The van der Waals surface area contributed by atoms with E-state index in [1.807, 2.05) is 0 Å². The summed E-state index contributed by atoms with van der Waals surface area (Å²) in [6.45, 7) is 2.08. The zero-order valence-corrected chi connectivity index (χ0v) is 12.1. The zero-order valence-electron chi connectivity index (χ0n) is 9.69. The summed E-state index contributed by atoms with van der Waals surface area (Å²) in [4.78, 5) is 3.03. The highest BCUT2D eigenvalue weighted by Crippen LogP contribution is 2.44. The summed E-state index contributed by atoms with van der Waals surface area (Å²) in [5.74, 6) is 0. The van der Waals surface area contributed by atoms with Gasteiger partial charge in [0.1, 0.15) is 10.9 Å². The Morgan fingerprint density at radius 3 is 2.83 bits per heavy atom. The third kappa shape index (κ3) is 1.65. The van der Waals surface area contributed by atoms with Gasteiger partial charge in [-0.2, -0.15) is 5.26 Å². The van der Waals surface area contributed by atoms with Crippen LogP contribution in [0.2, 0.25) is 0 Å². The summed E-state index contributed by atoms with van der Waals surface area (Å²) in [6.07, 6.45) is 0.866. The number of nitriles is 1. The van der Waals surface area contributed by atoms with Crippen molar-refractivity contribution in [2.24, 2.45) is 0 Å². The van der Waals surface area contributed by atoms with E-state index in [1.165, 1.54) is 30.5 Å². The molecular weight excluding hydrogens is 280 g/mol. The number of rotatable bonds is 2. The van der Waals surface area contributed by atoms with Crippen LogP contribution in [-0.4, -0.2) is 0 Å². The largest absolute Gasteiger partial charge is 0.397 e. The maximum Gasteiger partial charge on any atom is 0.128 e. The molecule has 0 aliphatic carbocycles. The van der Waals surface area contributed by atoms with Crippen molar-refractivity contribution in [3.8, 4) is 15.8 Å². The summed E-state index contributed by atoms with van der Waals surface area (Å²) in [7, 11) is 0. The molecular formula is C13H10N2S3. The second-order valence-corrected chi connectivity index (χ2v) is 6.93. The number of thiophene rings is 3. The number of anilines is 1. The Morgan fingerprint density at radius 2 is 2.17 bits per heavy atom. The van der Waals surface area contributed by atoms with Crippen molar-refractivity contribution in [3.63, 3.8) is 0 Å². The Hall–Kier alpha value is -1.35. The fourth-order valence-electron chi connectivity index (χ4n) is 1.99. The fraction of sp³-hybridized carbons (Fsp3) is 0.154. The molecule has 0 aliphatic rings. The van der Waals surface area contributed by atoms with E-state index in [2.05, 4.69) is 30.5 Å². The molecule has 0 amide bonds. The first kappa shape index (κ1) is 11.7. The third-order valence-electron chi connectivity index (χ3n) is 2.87. The number of nitrogen functional groups attached to an aromatic ring is 1. The van der Waals surface area contributed by atoms with Gasteiger partial charge >= 0.3 is 0 Å². The number of nitrogens with zero attached hydrogens (tertiary/aromatic N) is 1. The van der Waals surface area contributed by atoms with Gasteiger partial charge in [-0.05, 0) is 29.5 Å². The van der Waals surface area contributed by atoms with Gasteiger partial charge in [-0.25, -0.2) is 0 Å². The topological polar surface area (TPSA) is 49.8 Å². The molecule has 0 aromatic carbocycles. The van der Waals surface area contributed by atoms with Crippen LogP contribution in [0, 0.1) is 11.3 Å². The van der Waals surface area contributed by atoms with Crippen molar-refractivity contribution in [1.29, 1.82) is 5.26 Å². The second kappa shape index (κ2) is 4.39. The van der Waals surface area contributed by atoms with E-state index < -0.39 is 0 Å². The average molecular weight is 290 g/mol. The van der Waals surface area contributed by atoms with Crippen molar-refractivity contribution in [2.75, 3.05) is 5.73 Å². The van der Waals surface area contributed by atoms with Crippen molar-refractivity contribution in [1.82, 2.24) is 0 Å². The lowest BCUT2D eigenvalue weighted by Crippen LogP contribution is -1.90. The summed E-state index contributed by atoms with van der Waals surface area (Å²) in [5.41, 5.74) is 7.81. The van der Waals surface area contributed by atoms with Crippen LogP contribution in [0.3, 0.4) is 0 Å². The smallest absolute Gasteiger partial charge is 0.128 e. The van der Waals surface area contributed by atoms with Crippen LogP contribution in [0.4, 0.5) is 5.69 Å². The first-order valence-corrected chi connectivity index (χ1v) is 8.04. The molecule has 2 nitrogen and oxygen atoms in total. The molecule has 3 heterocycles. The van der Waals surface area contributed by atoms with E-state index in [0.29, 0.717) is 10.6 Å². The molecule has 3 rings (SSSR count). The molecule has 0 bridgehead atoms. The zero-order chi connectivity index (χ0) is 12.7. The molecule has 0 radical (unpaired) electrons. The molecule has 0 aliphatic heterocycles. The Labute approximate surface area is 117 Å². The predicted molar refractivity (Wildman–Crippen MR) is 81.5 cm³/mol. The molecule has 3 aromatic rings. The van der Waals surface area contributed by atoms with Crippen LogP contribution >= 0.6 is 34.0 Å². The van der Waals surface area contributed by atoms with Crippen LogP contribution in [0.15, 0.2) is 17.5 Å². The first-order valence-electron chi connectivity index (χ1n) is 5.53. The Kier molecular flexibility index (Phi) is 2.86. The summed E-state index contributed by atoms with van der Waals surface area (Å²) in [5, 5.41) is 11.2. The Bertz CT molecular complexity index is 726. The van der Waals surface area contributed by atoms with Gasteiger partial charge in [0.2, 0.25) is 0 Å². The van der Waals surface area contributed by atoms with Crippen LogP contribution in [-0.2, 0) is 6.42 Å². The van der Waals surface area contributed by atoms with E-state index in [1.54, 1.807) is 22.7 Å². The number of hydrogen-bond donors (Lipinski definition) is 1. The lowest BCUT2D eigenvalue weighted by atomic mass is 10.1. The number of nitrogens with two attached hydrogens (primary N) is 1. The molecule has 0 saturated heterocycles. The van der Waals surface area contributed by atoms with Crippen LogP contribution in [0.5, 0.6) is 0 Å². The van der Waals surface area contributed by atoms with Crippen molar-refractivity contribution >= 4 is 49.1 Å². The first-order chi connectivity index (χ1) is 8.74.